The topological polar surface area (TPSA) is 71.3 Å². The lowest BCUT2D eigenvalue weighted by Gasteiger charge is -2.27. The molecule has 0 saturated carbocycles. The van der Waals surface area contributed by atoms with Gasteiger partial charge in [-0.05, 0) is 35.6 Å². The van der Waals surface area contributed by atoms with Gasteiger partial charge in [0.2, 0.25) is 5.91 Å². The minimum absolute atomic E-state index is 0.0353. The van der Waals surface area contributed by atoms with Crippen LogP contribution in [0.15, 0.2) is 47.3 Å². The molecule has 0 bridgehead atoms. The maximum absolute atomic E-state index is 13.2. The molecule has 0 aliphatic rings. The number of furan rings is 1. The monoisotopic (exact) mass is 346 g/mol. The Morgan fingerprint density at radius 3 is 2.40 bits per heavy atom. The van der Waals surface area contributed by atoms with Crippen molar-refractivity contribution in [2.24, 2.45) is 5.41 Å². The summed E-state index contributed by atoms with van der Waals surface area (Å²) in [6.07, 6.45) is 3.39. The van der Waals surface area contributed by atoms with Crippen molar-refractivity contribution in [2.75, 3.05) is 6.54 Å². The summed E-state index contributed by atoms with van der Waals surface area (Å²) in [5.74, 6) is -1.01. The molecule has 2 aromatic rings. The second-order valence-corrected chi connectivity index (χ2v) is 7.13. The summed E-state index contributed by atoms with van der Waals surface area (Å²) in [5, 5.41) is 5.45. The van der Waals surface area contributed by atoms with Crippen molar-refractivity contribution in [1.82, 2.24) is 10.6 Å². The molecule has 1 aromatic heterocycles. The van der Waals surface area contributed by atoms with Crippen LogP contribution in [0.2, 0.25) is 0 Å². The van der Waals surface area contributed by atoms with Gasteiger partial charge in [-0.2, -0.15) is 0 Å². The molecule has 6 heteroatoms. The Labute approximate surface area is 146 Å². The van der Waals surface area contributed by atoms with E-state index in [0.717, 1.165) is 5.56 Å². The number of hydrogen-bond donors (Lipinski definition) is 2. The summed E-state index contributed by atoms with van der Waals surface area (Å²) >= 11 is 0. The van der Waals surface area contributed by atoms with Crippen LogP contribution in [0.4, 0.5) is 4.39 Å². The zero-order valence-electron chi connectivity index (χ0n) is 14.6. The van der Waals surface area contributed by atoms with Crippen LogP contribution in [0.25, 0.3) is 0 Å². The summed E-state index contributed by atoms with van der Waals surface area (Å²) in [6, 6.07) is 7.33. The number of amides is 2. The van der Waals surface area contributed by atoms with Gasteiger partial charge >= 0.3 is 0 Å². The number of nitrogens with one attached hydrogen (secondary N) is 2. The smallest absolute Gasteiger partial charge is 0.254 e. The van der Waals surface area contributed by atoms with Gasteiger partial charge in [-0.25, -0.2) is 4.39 Å². The fourth-order valence-corrected chi connectivity index (χ4v) is 2.46. The van der Waals surface area contributed by atoms with Crippen LogP contribution in [0.1, 0.15) is 49.2 Å². The van der Waals surface area contributed by atoms with E-state index in [0.29, 0.717) is 12.0 Å². The van der Waals surface area contributed by atoms with Gasteiger partial charge < -0.3 is 15.1 Å². The van der Waals surface area contributed by atoms with Gasteiger partial charge in [0, 0.05) is 0 Å². The molecule has 0 radical (unpaired) electrons. The minimum atomic E-state index is -0.377. The Morgan fingerprint density at radius 2 is 1.84 bits per heavy atom. The summed E-state index contributed by atoms with van der Waals surface area (Å²) in [7, 11) is 0. The Bertz CT molecular complexity index is 703. The second-order valence-electron chi connectivity index (χ2n) is 7.13. The molecule has 2 N–H and O–H groups in total. The van der Waals surface area contributed by atoms with E-state index >= 15 is 0 Å². The van der Waals surface area contributed by atoms with E-state index in [1.165, 1.54) is 30.7 Å². The number of carbonyl (C=O) groups is 2. The summed E-state index contributed by atoms with van der Waals surface area (Å²) in [5.41, 5.74) is 1.15. The van der Waals surface area contributed by atoms with Crippen LogP contribution in [0, 0.1) is 11.2 Å². The van der Waals surface area contributed by atoms with Crippen molar-refractivity contribution in [2.45, 2.75) is 33.2 Å². The second kappa shape index (κ2) is 7.96. The van der Waals surface area contributed by atoms with Crippen LogP contribution in [0.3, 0.4) is 0 Å². The van der Waals surface area contributed by atoms with E-state index in [1.54, 1.807) is 12.1 Å². The van der Waals surface area contributed by atoms with E-state index in [-0.39, 0.29) is 35.6 Å². The van der Waals surface area contributed by atoms with Crippen molar-refractivity contribution >= 4 is 11.8 Å². The summed E-state index contributed by atoms with van der Waals surface area (Å²) in [6.45, 7) is 6.05. The van der Waals surface area contributed by atoms with Crippen LogP contribution >= 0.6 is 0 Å². The highest BCUT2D eigenvalue weighted by Gasteiger charge is 2.22. The quantitative estimate of drug-likeness (QED) is 0.842. The third kappa shape index (κ3) is 6.06. The lowest BCUT2D eigenvalue weighted by atomic mass is 9.85. The Morgan fingerprint density at radius 1 is 1.16 bits per heavy atom. The van der Waals surface area contributed by atoms with E-state index < -0.39 is 0 Å². The number of benzene rings is 1. The Kier molecular flexibility index (Phi) is 5.96. The lowest BCUT2D eigenvalue weighted by molar-refractivity contribution is -0.121. The fourth-order valence-electron chi connectivity index (χ4n) is 2.46. The zero-order valence-corrected chi connectivity index (χ0v) is 14.6. The van der Waals surface area contributed by atoms with Gasteiger partial charge in [-0.1, -0.05) is 32.9 Å². The molecule has 0 fully saturated rings. The first-order valence-corrected chi connectivity index (χ1v) is 8.10. The summed E-state index contributed by atoms with van der Waals surface area (Å²) in [4.78, 5) is 24.1. The van der Waals surface area contributed by atoms with Gasteiger partial charge in [0.25, 0.3) is 5.91 Å². The molecule has 1 heterocycles. The highest BCUT2D eigenvalue weighted by atomic mass is 19.1. The minimum Gasteiger partial charge on any atom is -0.472 e. The first-order chi connectivity index (χ1) is 11.7. The number of rotatable bonds is 6. The first-order valence-electron chi connectivity index (χ1n) is 8.10. The number of carbonyl (C=O) groups excluding carboxylic acids is 2. The molecule has 0 unspecified atom stereocenters. The molecule has 134 valence electrons. The molecule has 1 aromatic carbocycles. The zero-order chi connectivity index (χ0) is 18.4. The maximum atomic E-state index is 13.2. The average Bonchev–Trinajstić information content (AvgIpc) is 3.06. The molecule has 5 nitrogen and oxygen atoms in total. The Hall–Kier alpha value is -2.63. The highest BCUT2D eigenvalue weighted by Crippen LogP contribution is 2.29. The maximum Gasteiger partial charge on any atom is 0.254 e. The predicted octanol–water partition coefficient (Wildman–Crippen LogP) is 3.44. The molecular weight excluding hydrogens is 323 g/mol. The van der Waals surface area contributed by atoms with Crippen molar-refractivity contribution in [3.8, 4) is 0 Å². The van der Waals surface area contributed by atoms with Gasteiger partial charge in [0.1, 0.15) is 12.1 Å². The normalized spacial score (nSPS) is 12.5. The molecular formula is C19H23FN2O3. The largest absolute Gasteiger partial charge is 0.472 e. The van der Waals surface area contributed by atoms with Crippen molar-refractivity contribution < 1.29 is 18.4 Å². The van der Waals surface area contributed by atoms with E-state index in [4.69, 9.17) is 4.42 Å². The molecule has 0 saturated heterocycles. The van der Waals surface area contributed by atoms with E-state index in [9.17, 15) is 14.0 Å². The Balaban J connectivity index is 1.99. The molecule has 0 aliphatic heterocycles. The molecule has 2 rings (SSSR count). The van der Waals surface area contributed by atoms with E-state index in [1.807, 2.05) is 0 Å². The third-order valence-corrected chi connectivity index (χ3v) is 3.62. The van der Waals surface area contributed by atoms with E-state index in [2.05, 4.69) is 31.4 Å². The SMILES string of the molecule is CC(C)(C)C[C@H](NC(=O)CNC(=O)c1ccoc1)c1ccc(F)cc1. The van der Waals surface area contributed by atoms with Crippen molar-refractivity contribution in [3.05, 3.63) is 59.8 Å². The standard InChI is InChI=1S/C19H23FN2O3/c1-19(2,3)10-16(13-4-6-15(20)7-5-13)22-17(23)11-21-18(24)14-8-9-25-12-14/h4-9,12,16H,10-11H2,1-3H3,(H,21,24)(H,22,23)/t16-/m0/s1. The van der Waals surface area contributed by atoms with Gasteiger partial charge in [-0.15, -0.1) is 0 Å². The molecule has 1 atom stereocenters. The van der Waals surface area contributed by atoms with Crippen LogP contribution in [-0.2, 0) is 4.79 Å². The van der Waals surface area contributed by atoms with Gasteiger partial charge in [-0.3, -0.25) is 9.59 Å². The van der Waals surface area contributed by atoms with Crippen molar-refractivity contribution in [3.63, 3.8) is 0 Å². The van der Waals surface area contributed by atoms with Crippen molar-refractivity contribution in [1.29, 1.82) is 0 Å². The van der Waals surface area contributed by atoms with Gasteiger partial charge in [0.05, 0.1) is 24.4 Å². The highest BCUT2D eigenvalue weighted by molar-refractivity contribution is 5.96. The molecule has 0 spiro atoms. The predicted molar refractivity (Wildman–Crippen MR) is 92.4 cm³/mol. The third-order valence-electron chi connectivity index (χ3n) is 3.62. The first kappa shape index (κ1) is 18.7. The number of hydrogen-bond acceptors (Lipinski definition) is 3. The van der Waals surface area contributed by atoms with Crippen LogP contribution < -0.4 is 10.6 Å². The summed E-state index contributed by atoms with van der Waals surface area (Å²) < 4.78 is 18.0. The molecule has 2 amide bonds. The number of halogens is 1. The van der Waals surface area contributed by atoms with Gasteiger partial charge in [0.15, 0.2) is 0 Å². The van der Waals surface area contributed by atoms with Crippen LogP contribution in [-0.4, -0.2) is 18.4 Å². The molecule has 25 heavy (non-hydrogen) atoms. The fraction of sp³-hybridized carbons (Fsp3) is 0.368. The average molecular weight is 346 g/mol. The molecule has 0 aliphatic carbocycles. The van der Waals surface area contributed by atoms with Crippen LogP contribution in [0.5, 0.6) is 0 Å². The lowest BCUT2D eigenvalue weighted by Crippen LogP contribution is -2.39.